The summed E-state index contributed by atoms with van der Waals surface area (Å²) in [4.78, 5) is 25.3. The van der Waals surface area contributed by atoms with Gasteiger partial charge in [-0.15, -0.1) is 0 Å². The molecule has 3 rings (SSSR count). The lowest BCUT2D eigenvalue weighted by atomic mass is 10.0. The van der Waals surface area contributed by atoms with E-state index in [9.17, 15) is 9.59 Å². The van der Waals surface area contributed by atoms with E-state index in [1.807, 2.05) is 6.07 Å². The number of carbonyl (C=O) groups excluding carboxylic acids is 1. The van der Waals surface area contributed by atoms with Crippen LogP contribution in [0.1, 0.15) is 34.2 Å². The number of methoxy groups -OCH3 is 1. The molecule has 0 bridgehead atoms. The number of thioether (sulfide) groups is 1. The van der Waals surface area contributed by atoms with Gasteiger partial charge in [0, 0.05) is 6.54 Å². The number of amides is 1. The third kappa shape index (κ3) is 5.96. The lowest BCUT2D eigenvalue weighted by Crippen LogP contribution is -2.30. The van der Waals surface area contributed by atoms with Crippen molar-refractivity contribution in [1.29, 1.82) is 0 Å². The second-order valence-corrected chi connectivity index (χ2v) is 10.2. The maximum absolute atomic E-state index is 12.7. The number of hydrogen-bond acceptors (Lipinski definition) is 6. The number of ether oxygens (including phenoxy) is 2. The highest BCUT2D eigenvalue weighted by molar-refractivity contribution is 9.10. The van der Waals surface area contributed by atoms with Gasteiger partial charge in [-0.25, -0.2) is 0 Å². The first-order chi connectivity index (χ1) is 15.6. The largest absolute Gasteiger partial charge is 0.493 e. The van der Waals surface area contributed by atoms with Gasteiger partial charge in [0.2, 0.25) is 0 Å². The molecule has 0 atom stereocenters. The second kappa shape index (κ2) is 10.7. The standard InChI is InChI=1S/C24H24BrNO5S2/c1-13-7-15(3)17(8-14(13)2)12-31-22-18(25)9-16(10-19(22)30-4)11-20-23(29)26(24(32)33-20)6-5-21(27)28/h7-11H,5-6,12H2,1-4H3,(H,27,28)/b20-11+. The molecule has 1 heterocycles. The van der Waals surface area contributed by atoms with Crippen LogP contribution >= 0.6 is 39.9 Å². The van der Waals surface area contributed by atoms with Crippen molar-refractivity contribution in [3.05, 3.63) is 61.5 Å². The Morgan fingerprint density at radius 1 is 1.18 bits per heavy atom. The van der Waals surface area contributed by atoms with Crippen LogP contribution in [0.25, 0.3) is 6.08 Å². The molecule has 0 aromatic heterocycles. The summed E-state index contributed by atoms with van der Waals surface area (Å²) in [6.45, 7) is 6.67. The first-order valence-corrected chi connectivity index (χ1v) is 12.2. The van der Waals surface area contributed by atoms with E-state index in [1.54, 1.807) is 19.3 Å². The summed E-state index contributed by atoms with van der Waals surface area (Å²) in [5.74, 6) is -0.181. The summed E-state index contributed by atoms with van der Waals surface area (Å²) >= 11 is 9.96. The predicted octanol–water partition coefficient (Wildman–Crippen LogP) is 5.64. The van der Waals surface area contributed by atoms with Crippen molar-refractivity contribution in [3.63, 3.8) is 0 Å². The van der Waals surface area contributed by atoms with Crippen LogP contribution in [0.2, 0.25) is 0 Å². The lowest BCUT2D eigenvalue weighted by Gasteiger charge is -2.16. The summed E-state index contributed by atoms with van der Waals surface area (Å²) in [6, 6.07) is 7.91. The third-order valence-corrected chi connectivity index (χ3v) is 7.26. The number of nitrogens with zero attached hydrogens (tertiary/aromatic N) is 1. The van der Waals surface area contributed by atoms with Crippen LogP contribution in [0.3, 0.4) is 0 Å². The Morgan fingerprint density at radius 3 is 2.55 bits per heavy atom. The van der Waals surface area contributed by atoms with E-state index in [0.29, 0.717) is 31.8 Å². The van der Waals surface area contributed by atoms with Gasteiger partial charge in [-0.3, -0.25) is 14.5 Å². The van der Waals surface area contributed by atoms with Gasteiger partial charge in [-0.1, -0.05) is 36.1 Å². The number of thiocarbonyl (C=S) groups is 1. The van der Waals surface area contributed by atoms with Gasteiger partial charge in [-0.2, -0.15) is 0 Å². The molecule has 0 unspecified atom stereocenters. The van der Waals surface area contributed by atoms with Crippen LogP contribution in [0, 0.1) is 20.8 Å². The Morgan fingerprint density at radius 2 is 1.88 bits per heavy atom. The number of rotatable bonds is 8. The van der Waals surface area contributed by atoms with Gasteiger partial charge >= 0.3 is 5.97 Å². The molecule has 2 aromatic rings. The fourth-order valence-electron chi connectivity index (χ4n) is 3.34. The minimum absolute atomic E-state index is 0.0506. The normalized spacial score (nSPS) is 14.8. The molecule has 1 N–H and O–H groups in total. The van der Waals surface area contributed by atoms with E-state index >= 15 is 0 Å². The van der Waals surface area contributed by atoms with Gasteiger partial charge in [-0.05, 0) is 82.7 Å². The van der Waals surface area contributed by atoms with Crippen LogP contribution in [0.4, 0.5) is 0 Å². The number of carboxylic acids is 1. The molecular formula is C24H24BrNO5S2. The van der Waals surface area contributed by atoms with Crippen molar-refractivity contribution in [1.82, 2.24) is 4.90 Å². The second-order valence-electron chi connectivity index (χ2n) is 7.66. The van der Waals surface area contributed by atoms with Crippen LogP contribution in [0.15, 0.2) is 33.6 Å². The Balaban J connectivity index is 1.82. The fourth-order valence-corrected chi connectivity index (χ4v) is 5.22. The van der Waals surface area contributed by atoms with Crippen molar-refractivity contribution < 1.29 is 24.2 Å². The van der Waals surface area contributed by atoms with Crippen LogP contribution in [-0.2, 0) is 16.2 Å². The highest BCUT2D eigenvalue weighted by atomic mass is 79.9. The van der Waals surface area contributed by atoms with E-state index in [0.717, 1.165) is 28.5 Å². The molecule has 1 saturated heterocycles. The number of halogens is 1. The monoisotopic (exact) mass is 549 g/mol. The number of aliphatic carboxylic acids is 1. The molecule has 9 heteroatoms. The van der Waals surface area contributed by atoms with Crippen molar-refractivity contribution >= 4 is 62.2 Å². The zero-order chi connectivity index (χ0) is 24.3. The number of benzene rings is 2. The molecule has 0 radical (unpaired) electrons. The van der Waals surface area contributed by atoms with Gasteiger partial charge < -0.3 is 14.6 Å². The maximum atomic E-state index is 12.7. The van der Waals surface area contributed by atoms with Gasteiger partial charge in [0.1, 0.15) is 10.9 Å². The van der Waals surface area contributed by atoms with E-state index in [-0.39, 0.29) is 18.9 Å². The summed E-state index contributed by atoms with van der Waals surface area (Å²) in [6.07, 6.45) is 1.55. The summed E-state index contributed by atoms with van der Waals surface area (Å²) in [5, 5.41) is 8.89. The Hall–Kier alpha value is -2.36. The van der Waals surface area contributed by atoms with E-state index in [2.05, 4.69) is 48.8 Å². The smallest absolute Gasteiger partial charge is 0.305 e. The van der Waals surface area contributed by atoms with E-state index in [4.69, 9.17) is 26.8 Å². The summed E-state index contributed by atoms with van der Waals surface area (Å²) in [7, 11) is 1.56. The third-order valence-electron chi connectivity index (χ3n) is 5.30. The Bertz CT molecular complexity index is 1160. The highest BCUT2D eigenvalue weighted by Gasteiger charge is 2.32. The highest BCUT2D eigenvalue weighted by Crippen LogP contribution is 2.39. The molecule has 174 valence electrons. The molecule has 1 fully saturated rings. The van der Waals surface area contributed by atoms with Crippen LogP contribution < -0.4 is 9.47 Å². The number of carboxylic acid groups (broad SMARTS) is 1. The SMILES string of the molecule is COc1cc(/C=C2/SC(=S)N(CCC(=O)O)C2=O)cc(Br)c1OCc1cc(C)c(C)cc1C. The average molecular weight is 550 g/mol. The molecule has 1 aliphatic heterocycles. The average Bonchev–Trinajstić information content (AvgIpc) is 3.01. The minimum atomic E-state index is -0.978. The number of hydrogen-bond donors (Lipinski definition) is 1. The van der Waals surface area contributed by atoms with Crippen molar-refractivity contribution in [2.45, 2.75) is 33.8 Å². The van der Waals surface area contributed by atoms with Crippen molar-refractivity contribution in [3.8, 4) is 11.5 Å². The molecule has 1 amide bonds. The fraction of sp³-hybridized carbons (Fsp3) is 0.292. The molecule has 33 heavy (non-hydrogen) atoms. The molecule has 0 spiro atoms. The number of aryl methyl sites for hydroxylation is 3. The zero-order valence-electron chi connectivity index (χ0n) is 18.7. The topological polar surface area (TPSA) is 76.1 Å². The quantitative estimate of drug-likeness (QED) is 0.337. The molecule has 6 nitrogen and oxygen atoms in total. The first kappa shape index (κ1) is 25.3. The summed E-state index contributed by atoms with van der Waals surface area (Å²) < 4.78 is 12.7. The van der Waals surface area contributed by atoms with Gasteiger partial charge in [0.25, 0.3) is 5.91 Å². The zero-order valence-corrected chi connectivity index (χ0v) is 21.9. The molecule has 0 saturated carbocycles. The lowest BCUT2D eigenvalue weighted by molar-refractivity contribution is -0.137. The van der Waals surface area contributed by atoms with E-state index in [1.165, 1.54) is 16.0 Å². The Kier molecular flexibility index (Phi) is 8.20. The Labute approximate surface area is 211 Å². The van der Waals surface area contributed by atoms with Crippen molar-refractivity contribution in [2.75, 3.05) is 13.7 Å². The maximum Gasteiger partial charge on any atom is 0.305 e. The molecule has 0 aliphatic carbocycles. The molecule has 1 aliphatic rings. The minimum Gasteiger partial charge on any atom is -0.493 e. The number of carbonyl (C=O) groups is 2. The summed E-state index contributed by atoms with van der Waals surface area (Å²) in [5.41, 5.74) is 5.44. The molecular weight excluding hydrogens is 526 g/mol. The van der Waals surface area contributed by atoms with E-state index < -0.39 is 5.97 Å². The van der Waals surface area contributed by atoms with Gasteiger partial charge in [0.05, 0.1) is 22.9 Å². The van der Waals surface area contributed by atoms with Crippen molar-refractivity contribution in [2.24, 2.45) is 0 Å². The molecule has 2 aromatic carbocycles. The van der Waals surface area contributed by atoms with Crippen LogP contribution in [-0.4, -0.2) is 39.9 Å². The first-order valence-electron chi connectivity index (χ1n) is 10.1. The van der Waals surface area contributed by atoms with Gasteiger partial charge in [0.15, 0.2) is 11.5 Å². The van der Waals surface area contributed by atoms with Crippen LogP contribution in [0.5, 0.6) is 11.5 Å². The predicted molar refractivity (Wildman–Crippen MR) is 138 cm³/mol.